The fourth-order valence-electron chi connectivity index (χ4n) is 4.66. The highest BCUT2D eigenvalue weighted by atomic mass is 35.5. The summed E-state index contributed by atoms with van der Waals surface area (Å²) in [5.41, 5.74) is 1.18. The second-order valence-electron chi connectivity index (χ2n) is 10.1. The number of aromatic nitrogens is 5. The van der Waals surface area contributed by atoms with Crippen molar-refractivity contribution in [2.45, 2.75) is 77.2 Å². The van der Waals surface area contributed by atoms with Gasteiger partial charge in [-0.15, -0.1) is 15.3 Å². The van der Waals surface area contributed by atoms with Gasteiger partial charge in [0.15, 0.2) is 5.82 Å². The zero-order chi connectivity index (χ0) is 25.3. The Hall–Kier alpha value is -3.24. The first kappa shape index (κ1) is 24.5. The maximum absolute atomic E-state index is 12.4. The van der Waals surface area contributed by atoms with Crippen LogP contribution in [0.25, 0.3) is 5.69 Å². The van der Waals surface area contributed by atoms with Gasteiger partial charge in [-0.3, -0.25) is 4.57 Å². The molecule has 1 fully saturated rings. The smallest absolute Gasteiger partial charge is 0.474 e. The van der Waals surface area contributed by atoms with E-state index >= 15 is 0 Å². The maximum Gasteiger partial charge on any atom is 0.528 e. The van der Waals surface area contributed by atoms with Crippen LogP contribution in [0, 0.1) is 0 Å². The lowest BCUT2D eigenvalue weighted by Gasteiger charge is -2.28. The Morgan fingerprint density at radius 2 is 1.89 bits per heavy atom. The Morgan fingerprint density at radius 1 is 1.08 bits per heavy atom. The summed E-state index contributed by atoms with van der Waals surface area (Å²) in [7, 11) is 0. The number of hydrogen-bond donors (Lipinski definition) is 0. The molecule has 3 heterocycles. The van der Waals surface area contributed by atoms with Crippen LogP contribution in [0.15, 0.2) is 36.8 Å². The quantitative estimate of drug-likeness (QED) is 0.446. The lowest BCUT2D eigenvalue weighted by atomic mass is 9.86. The van der Waals surface area contributed by atoms with Crippen molar-refractivity contribution >= 4 is 17.8 Å². The summed E-state index contributed by atoms with van der Waals surface area (Å²) >= 11 is 6.33. The second kappa shape index (κ2) is 10.0. The van der Waals surface area contributed by atoms with Gasteiger partial charge in [0.1, 0.15) is 23.9 Å². The van der Waals surface area contributed by atoms with E-state index in [0.29, 0.717) is 23.3 Å². The van der Waals surface area contributed by atoms with Crippen LogP contribution < -0.4 is 4.74 Å². The number of hydrogen-bond acceptors (Lipinski definition) is 9. The number of carbonyl (C=O) groups excluding carboxylic acids is 1. The van der Waals surface area contributed by atoms with Crippen molar-refractivity contribution in [2.75, 3.05) is 0 Å². The third kappa shape index (κ3) is 5.60. The van der Waals surface area contributed by atoms with Crippen LogP contribution >= 0.6 is 11.6 Å². The summed E-state index contributed by atoms with van der Waals surface area (Å²) in [5.74, 6) is 2.40. The molecule has 1 aromatic carbocycles. The normalized spacial score (nSPS) is 20.1. The van der Waals surface area contributed by atoms with Crippen molar-refractivity contribution < 1.29 is 19.1 Å². The lowest BCUT2D eigenvalue weighted by Crippen LogP contribution is -2.31. The second-order valence-corrected chi connectivity index (χ2v) is 10.5. The van der Waals surface area contributed by atoms with Gasteiger partial charge in [0.05, 0.1) is 18.8 Å². The van der Waals surface area contributed by atoms with E-state index in [2.05, 4.69) is 24.7 Å². The van der Waals surface area contributed by atoms with Crippen LogP contribution in [-0.4, -0.2) is 47.7 Å². The van der Waals surface area contributed by atoms with E-state index in [-0.39, 0.29) is 18.6 Å². The third-order valence-corrected chi connectivity index (χ3v) is 6.41. The van der Waals surface area contributed by atoms with Gasteiger partial charge >= 0.3 is 6.16 Å². The van der Waals surface area contributed by atoms with E-state index in [1.54, 1.807) is 33.0 Å². The van der Waals surface area contributed by atoms with Crippen molar-refractivity contribution in [3.63, 3.8) is 0 Å². The SMILES string of the molecule is CC(C)(C)OC(=O)ON1Cc2cc(Cl)ccc2-n2c(nnc2[C@H]2CC[C@H](Oc3ccncn3)CC2)C1. The molecular formula is C25H29ClN6O4. The molecule has 0 atom stereocenters. The highest BCUT2D eigenvalue weighted by molar-refractivity contribution is 6.30. The van der Waals surface area contributed by atoms with Gasteiger partial charge in [-0.25, -0.2) is 14.8 Å². The molecule has 1 aliphatic heterocycles. The minimum absolute atomic E-state index is 0.103. The van der Waals surface area contributed by atoms with Crippen LogP contribution in [0.4, 0.5) is 4.79 Å². The summed E-state index contributed by atoms with van der Waals surface area (Å²) in [5, 5.41) is 11.2. The molecule has 0 amide bonds. The summed E-state index contributed by atoms with van der Waals surface area (Å²) in [4.78, 5) is 26.0. The fraction of sp³-hybridized carbons (Fsp3) is 0.480. The zero-order valence-corrected chi connectivity index (χ0v) is 21.3. The van der Waals surface area contributed by atoms with Gasteiger partial charge in [0, 0.05) is 23.2 Å². The highest BCUT2D eigenvalue weighted by Gasteiger charge is 2.32. The third-order valence-electron chi connectivity index (χ3n) is 6.18. The molecule has 190 valence electrons. The summed E-state index contributed by atoms with van der Waals surface area (Å²) in [6.45, 7) is 5.99. The van der Waals surface area contributed by atoms with Crippen LogP contribution in [0.1, 0.15) is 69.6 Å². The molecule has 36 heavy (non-hydrogen) atoms. The molecule has 2 aliphatic rings. The van der Waals surface area contributed by atoms with Crippen molar-refractivity contribution in [1.29, 1.82) is 0 Å². The summed E-state index contributed by atoms with van der Waals surface area (Å²) < 4.78 is 13.5. The largest absolute Gasteiger partial charge is 0.528 e. The summed E-state index contributed by atoms with van der Waals surface area (Å²) in [6.07, 6.45) is 6.11. The fourth-order valence-corrected chi connectivity index (χ4v) is 4.85. The number of nitrogens with zero attached hydrogens (tertiary/aromatic N) is 6. The van der Waals surface area contributed by atoms with Gasteiger partial charge in [-0.2, -0.15) is 0 Å². The van der Waals surface area contributed by atoms with Crippen LogP contribution in [0.3, 0.4) is 0 Å². The lowest BCUT2D eigenvalue weighted by molar-refractivity contribution is -0.155. The minimum atomic E-state index is -0.763. The molecule has 0 N–H and O–H groups in total. The molecule has 0 saturated heterocycles. The average Bonchev–Trinajstić information content (AvgIpc) is 3.15. The first-order valence-electron chi connectivity index (χ1n) is 12.1. The molecule has 0 radical (unpaired) electrons. The van der Waals surface area contributed by atoms with Crippen molar-refractivity contribution in [2.24, 2.45) is 0 Å². The zero-order valence-electron chi connectivity index (χ0n) is 20.6. The van der Waals surface area contributed by atoms with Gasteiger partial charge in [-0.05, 0) is 70.2 Å². The molecule has 10 nitrogen and oxygen atoms in total. The molecule has 1 aliphatic carbocycles. The monoisotopic (exact) mass is 512 g/mol. The van der Waals surface area contributed by atoms with Crippen molar-refractivity contribution in [3.8, 4) is 11.6 Å². The molecule has 5 rings (SSSR count). The number of fused-ring (bicyclic) bond motifs is 3. The number of rotatable bonds is 4. The van der Waals surface area contributed by atoms with Crippen LogP contribution in [0.5, 0.6) is 5.88 Å². The van der Waals surface area contributed by atoms with Crippen LogP contribution in [0.2, 0.25) is 5.02 Å². The first-order valence-corrected chi connectivity index (χ1v) is 12.4. The molecule has 0 unspecified atom stereocenters. The van der Waals surface area contributed by atoms with Gasteiger partial charge in [0.25, 0.3) is 0 Å². The molecule has 1 saturated carbocycles. The summed E-state index contributed by atoms with van der Waals surface area (Å²) in [6, 6.07) is 7.48. The molecular weight excluding hydrogens is 484 g/mol. The maximum atomic E-state index is 12.4. The van der Waals surface area contributed by atoms with Gasteiger partial charge in [-0.1, -0.05) is 11.6 Å². The van der Waals surface area contributed by atoms with E-state index in [1.165, 1.54) is 11.4 Å². The molecule has 3 aromatic rings. The van der Waals surface area contributed by atoms with Crippen molar-refractivity contribution in [3.05, 3.63) is 59.0 Å². The first-order chi connectivity index (χ1) is 17.2. The Kier molecular flexibility index (Phi) is 6.81. The van der Waals surface area contributed by atoms with E-state index < -0.39 is 11.8 Å². The molecule has 0 bridgehead atoms. The predicted molar refractivity (Wildman–Crippen MR) is 131 cm³/mol. The minimum Gasteiger partial charge on any atom is -0.474 e. The predicted octanol–water partition coefficient (Wildman–Crippen LogP) is 5.00. The number of ether oxygens (including phenoxy) is 2. The Morgan fingerprint density at radius 3 is 2.61 bits per heavy atom. The van der Waals surface area contributed by atoms with Crippen LogP contribution in [-0.2, 0) is 22.7 Å². The number of carbonyl (C=O) groups is 1. The molecule has 0 spiro atoms. The number of hydroxylamine groups is 2. The Balaban J connectivity index is 1.36. The topological polar surface area (TPSA) is 104 Å². The Labute approximate surface area is 214 Å². The van der Waals surface area contributed by atoms with E-state index in [4.69, 9.17) is 25.9 Å². The average molecular weight is 513 g/mol. The van der Waals surface area contributed by atoms with E-state index in [1.807, 2.05) is 18.2 Å². The Bertz CT molecular complexity index is 1220. The van der Waals surface area contributed by atoms with E-state index in [0.717, 1.165) is 42.8 Å². The standard InChI is InChI=1S/C25H29ClN6O4/c1-25(2,3)35-24(33)36-31-13-17-12-18(26)6-9-20(17)32-21(14-31)29-30-23(32)16-4-7-19(8-5-16)34-22-10-11-27-15-28-22/h6,9-12,15-16,19H,4-5,7-8,13-14H2,1-3H3/t16-,19-. The molecule has 11 heteroatoms. The van der Waals surface area contributed by atoms with Gasteiger partial charge in [0.2, 0.25) is 5.88 Å². The molecule has 2 aromatic heterocycles. The highest BCUT2D eigenvalue weighted by Crippen LogP contribution is 2.37. The van der Waals surface area contributed by atoms with Gasteiger partial charge < -0.3 is 14.3 Å². The van der Waals surface area contributed by atoms with E-state index in [9.17, 15) is 4.79 Å². The number of benzene rings is 1. The van der Waals surface area contributed by atoms with Crippen molar-refractivity contribution in [1.82, 2.24) is 29.8 Å². The number of halogens is 1.